The highest BCUT2D eigenvalue weighted by molar-refractivity contribution is 6.31. The summed E-state index contributed by atoms with van der Waals surface area (Å²) in [4.78, 5) is 32.1. The van der Waals surface area contributed by atoms with Crippen LogP contribution >= 0.6 is 11.6 Å². The molecule has 0 spiro atoms. The Hall–Kier alpha value is -2.40. The Kier molecular flexibility index (Phi) is 3.81. The predicted octanol–water partition coefficient (Wildman–Crippen LogP) is 3.16. The van der Waals surface area contributed by atoms with Crippen LogP contribution in [0.5, 0.6) is 0 Å². The van der Waals surface area contributed by atoms with Crippen molar-refractivity contribution < 1.29 is 9.59 Å². The summed E-state index contributed by atoms with van der Waals surface area (Å²) >= 11 is 6.10. The van der Waals surface area contributed by atoms with Crippen LogP contribution in [0.1, 0.15) is 13.3 Å². The maximum atomic E-state index is 12.6. The van der Waals surface area contributed by atoms with Crippen LogP contribution in [0.4, 0.5) is 17.2 Å². The van der Waals surface area contributed by atoms with E-state index in [-0.39, 0.29) is 18.2 Å². The van der Waals surface area contributed by atoms with E-state index in [0.717, 1.165) is 0 Å². The Bertz CT molecular complexity index is 733. The molecule has 22 heavy (non-hydrogen) atoms. The second-order valence-electron chi connectivity index (χ2n) is 4.86. The first-order chi connectivity index (χ1) is 10.6. The first kappa shape index (κ1) is 14.5. The number of hydrogen-bond acceptors (Lipinski definition) is 3. The number of halogens is 1. The molecule has 1 aromatic carbocycles. The molecular formula is C16H14ClN3O2. The van der Waals surface area contributed by atoms with E-state index in [4.69, 9.17) is 11.6 Å². The summed E-state index contributed by atoms with van der Waals surface area (Å²) in [5.41, 5.74) is 1.23. The number of amides is 2. The molecule has 2 amide bonds. The largest absolute Gasteiger partial charge is 0.310 e. The molecule has 0 unspecified atom stereocenters. The lowest BCUT2D eigenvalue weighted by Gasteiger charge is -2.24. The minimum Gasteiger partial charge on any atom is -0.310 e. The fourth-order valence-corrected chi connectivity index (χ4v) is 2.73. The van der Waals surface area contributed by atoms with Crippen LogP contribution < -0.4 is 9.80 Å². The average molecular weight is 316 g/mol. The molecular weight excluding hydrogens is 302 g/mol. The normalized spacial score (nSPS) is 14.8. The van der Waals surface area contributed by atoms with Crippen molar-refractivity contribution in [1.29, 1.82) is 0 Å². The van der Waals surface area contributed by atoms with E-state index in [1.807, 2.05) is 6.92 Å². The van der Waals surface area contributed by atoms with Crippen molar-refractivity contribution in [3.63, 3.8) is 0 Å². The summed E-state index contributed by atoms with van der Waals surface area (Å²) in [5.74, 6) is -0.0700. The summed E-state index contributed by atoms with van der Waals surface area (Å²) < 4.78 is 0. The van der Waals surface area contributed by atoms with Gasteiger partial charge in [0.25, 0.3) is 0 Å². The smallest absolute Gasteiger partial charge is 0.242 e. The van der Waals surface area contributed by atoms with Gasteiger partial charge < -0.3 is 4.90 Å². The van der Waals surface area contributed by atoms with Gasteiger partial charge in [0.2, 0.25) is 11.8 Å². The fourth-order valence-electron chi connectivity index (χ4n) is 2.56. The standard InChI is InChI=1S/C16H14ClN3O2/c1-2-19-12-7-6-11(17)9-13(12)20(16(22)10-15(19)21)14-5-3-4-8-18-14/h3-9H,2,10H2,1H3. The van der Waals surface area contributed by atoms with Crippen LogP contribution in [0.3, 0.4) is 0 Å². The number of anilines is 3. The lowest BCUT2D eigenvalue weighted by molar-refractivity contribution is -0.125. The average Bonchev–Trinajstić information content (AvgIpc) is 2.60. The highest BCUT2D eigenvalue weighted by Crippen LogP contribution is 2.38. The van der Waals surface area contributed by atoms with Crippen molar-refractivity contribution in [3.8, 4) is 0 Å². The van der Waals surface area contributed by atoms with Crippen molar-refractivity contribution >= 4 is 40.6 Å². The number of pyridine rings is 1. The Morgan fingerprint density at radius 3 is 2.64 bits per heavy atom. The van der Waals surface area contributed by atoms with Crippen LogP contribution in [-0.2, 0) is 9.59 Å². The number of carbonyl (C=O) groups is 2. The molecule has 0 N–H and O–H groups in total. The summed E-state index contributed by atoms with van der Waals surface area (Å²) in [6.45, 7) is 2.36. The number of hydrogen-bond donors (Lipinski definition) is 0. The van der Waals surface area contributed by atoms with Crippen LogP contribution in [0, 0.1) is 0 Å². The minimum absolute atomic E-state index is 0.198. The van der Waals surface area contributed by atoms with E-state index >= 15 is 0 Å². The van der Waals surface area contributed by atoms with Crippen LogP contribution in [0.25, 0.3) is 0 Å². The lowest BCUT2D eigenvalue weighted by atomic mass is 10.2. The monoisotopic (exact) mass is 315 g/mol. The minimum atomic E-state index is -0.317. The van der Waals surface area contributed by atoms with Crippen LogP contribution in [-0.4, -0.2) is 23.3 Å². The quantitative estimate of drug-likeness (QED) is 0.800. The zero-order valence-electron chi connectivity index (χ0n) is 12.0. The van der Waals surface area contributed by atoms with Crippen LogP contribution in [0.15, 0.2) is 42.6 Å². The third-order valence-electron chi connectivity index (χ3n) is 3.52. The van der Waals surface area contributed by atoms with Gasteiger partial charge in [-0.2, -0.15) is 0 Å². The van der Waals surface area contributed by atoms with Gasteiger partial charge >= 0.3 is 0 Å². The molecule has 0 atom stereocenters. The number of rotatable bonds is 2. The van der Waals surface area contributed by atoms with Gasteiger partial charge in [-0.25, -0.2) is 4.98 Å². The number of fused-ring (bicyclic) bond motifs is 1. The molecule has 0 fully saturated rings. The third-order valence-corrected chi connectivity index (χ3v) is 3.75. The van der Waals surface area contributed by atoms with Gasteiger partial charge in [-0.15, -0.1) is 0 Å². The van der Waals surface area contributed by atoms with Gasteiger partial charge in [-0.1, -0.05) is 17.7 Å². The van der Waals surface area contributed by atoms with E-state index < -0.39 is 0 Å². The summed E-state index contributed by atoms with van der Waals surface area (Å²) in [6.07, 6.45) is 1.41. The Balaban J connectivity index is 2.24. The van der Waals surface area contributed by atoms with Crippen molar-refractivity contribution in [3.05, 3.63) is 47.6 Å². The van der Waals surface area contributed by atoms with Gasteiger partial charge in [0.1, 0.15) is 12.2 Å². The van der Waals surface area contributed by atoms with E-state index in [1.54, 1.807) is 47.5 Å². The highest BCUT2D eigenvalue weighted by Gasteiger charge is 2.32. The van der Waals surface area contributed by atoms with Crippen molar-refractivity contribution in [2.45, 2.75) is 13.3 Å². The van der Waals surface area contributed by atoms with Gasteiger partial charge in [-0.3, -0.25) is 14.5 Å². The van der Waals surface area contributed by atoms with Crippen molar-refractivity contribution in [1.82, 2.24) is 4.98 Å². The SMILES string of the molecule is CCN1C(=O)CC(=O)N(c2ccccn2)c2cc(Cl)ccc21. The zero-order chi connectivity index (χ0) is 15.7. The molecule has 0 bridgehead atoms. The molecule has 112 valence electrons. The molecule has 2 aromatic rings. The highest BCUT2D eigenvalue weighted by atomic mass is 35.5. The molecule has 1 aromatic heterocycles. The number of carbonyl (C=O) groups excluding carboxylic acids is 2. The predicted molar refractivity (Wildman–Crippen MR) is 85.5 cm³/mol. The van der Waals surface area contributed by atoms with Crippen molar-refractivity contribution in [2.75, 3.05) is 16.3 Å². The van der Waals surface area contributed by atoms with Gasteiger partial charge in [0.05, 0.1) is 11.4 Å². The topological polar surface area (TPSA) is 53.5 Å². The summed E-state index contributed by atoms with van der Waals surface area (Å²) in [5, 5.41) is 0.498. The Morgan fingerprint density at radius 1 is 1.14 bits per heavy atom. The van der Waals surface area contributed by atoms with Gasteiger partial charge in [0.15, 0.2) is 0 Å². The summed E-state index contributed by atoms with van der Waals surface area (Å²) in [6, 6.07) is 10.5. The fraction of sp³-hybridized carbons (Fsp3) is 0.188. The van der Waals surface area contributed by atoms with Crippen molar-refractivity contribution in [2.24, 2.45) is 0 Å². The zero-order valence-corrected chi connectivity index (χ0v) is 12.7. The first-order valence-electron chi connectivity index (χ1n) is 6.95. The third kappa shape index (κ3) is 2.44. The van der Waals surface area contributed by atoms with E-state index in [0.29, 0.717) is 28.8 Å². The van der Waals surface area contributed by atoms with E-state index in [1.165, 1.54) is 4.90 Å². The van der Waals surface area contributed by atoms with Gasteiger partial charge in [0, 0.05) is 17.8 Å². The first-order valence-corrected chi connectivity index (χ1v) is 7.33. The van der Waals surface area contributed by atoms with E-state index in [2.05, 4.69) is 4.98 Å². The molecule has 3 rings (SSSR count). The molecule has 1 aliphatic rings. The maximum Gasteiger partial charge on any atom is 0.242 e. The molecule has 6 heteroatoms. The molecule has 5 nitrogen and oxygen atoms in total. The molecule has 0 saturated carbocycles. The molecule has 0 radical (unpaired) electrons. The molecule has 2 heterocycles. The maximum absolute atomic E-state index is 12.6. The Labute approximate surface area is 133 Å². The van der Waals surface area contributed by atoms with Gasteiger partial charge in [-0.05, 0) is 37.3 Å². The second-order valence-corrected chi connectivity index (χ2v) is 5.30. The molecule has 0 saturated heterocycles. The molecule has 0 aliphatic carbocycles. The number of nitrogens with zero attached hydrogens (tertiary/aromatic N) is 3. The molecule has 1 aliphatic heterocycles. The van der Waals surface area contributed by atoms with Crippen LogP contribution in [0.2, 0.25) is 5.02 Å². The number of benzene rings is 1. The number of aromatic nitrogens is 1. The second kappa shape index (κ2) is 5.77. The van der Waals surface area contributed by atoms with E-state index in [9.17, 15) is 9.59 Å². The summed E-state index contributed by atoms with van der Waals surface area (Å²) in [7, 11) is 0. The Morgan fingerprint density at radius 2 is 1.95 bits per heavy atom. The lowest BCUT2D eigenvalue weighted by Crippen LogP contribution is -2.31.